The highest BCUT2D eigenvalue weighted by Crippen LogP contribution is 2.19. The molecule has 1 amide bonds. The highest BCUT2D eigenvalue weighted by molar-refractivity contribution is 7.98. The highest BCUT2D eigenvalue weighted by Gasteiger charge is 2.09. The lowest BCUT2D eigenvalue weighted by molar-refractivity contribution is 0.102. The number of nitrogens with zero attached hydrogens (tertiary/aromatic N) is 2. The van der Waals surface area contributed by atoms with Gasteiger partial charge >= 0.3 is 0 Å². The molecule has 0 fully saturated rings. The third kappa shape index (κ3) is 4.70. The summed E-state index contributed by atoms with van der Waals surface area (Å²) in [5.74, 6) is 0.455. The van der Waals surface area contributed by atoms with Crippen molar-refractivity contribution in [2.75, 3.05) is 11.6 Å². The van der Waals surface area contributed by atoms with E-state index in [9.17, 15) is 13.2 Å². The van der Waals surface area contributed by atoms with Gasteiger partial charge in [0.05, 0.1) is 4.90 Å². The van der Waals surface area contributed by atoms with Gasteiger partial charge in [0.1, 0.15) is 6.33 Å². The number of aromatic amines is 1. The van der Waals surface area contributed by atoms with E-state index in [1.54, 1.807) is 24.3 Å². The molecular formula is C17H16N4O3S2. The SMILES string of the molecule is CS(=O)(=O)c1ccc(NC(=O)c2ccc(CSc3ncn[nH]3)cc2)cc1. The van der Waals surface area contributed by atoms with E-state index in [0.717, 1.165) is 17.0 Å². The molecule has 2 aromatic carbocycles. The Morgan fingerprint density at radius 3 is 2.38 bits per heavy atom. The van der Waals surface area contributed by atoms with Crippen LogP contribution in [0.5, 0.6) is 0 Å². The maximum absolute atomic E-state index is 12.3. The Balaban J connectivity index is 1.61. The summed E-state index contributed by atoms with van der Waals surface area (Å²) in [7, 11) is -3.25. The number of sulfone groups is 1. The fraction of sp³-hybridized carbons (Fsp3) is 0.118. The molecule has 0 unspecified atom stereocenters. The molecule has 0 saturated carbocycles. The van der Waals surface area contributed by atoms with Crippen molar-refractivity contribution in [3.8, 4) is 0 Å². The molecule has 0 bridgehead atoms. The third-order valence-electron chi connectivity index (χ3n) is 3.52. The normalized spacial score (nSPS) is 11.3. The lowest BCUT2D eigenvalue weighted by atomic mass is 10.1. The van der Waals surface area contributed by atoms with Crippen LogP contribution in [-0.4, -0.2) is 35.8 Å². The number of rotatable bonds is 6. The molecule has 134 valence electrons. The summed E-state index contributed by atoms with van der Waals surface area (Å²) in [6, 6.07) is 13.3. The molecule has 0 aliphatic heterocycles. The van der Waals surface area contributed by atoms with Gasteiger partial charge in [0, 0.05) is 23.3 Å². The topological polar surface area (TPSA) is 105 Å². The van der Waals surface area contributed by atoms with Crippen LogP contribution >= 0.6 is 11.8 Å². The van der Waals surface area contributed by atoms with Crippen molar-refractivity contribution in [1.29, 1.82) is 0 Å². The van der Waals surface area contributed by atoms with Crippen LogP contribution in [-0.2, 0) is 15.6 Å². The molecule has 3 aromatic rings. The van der Waals surface area contributed by atoms with E-state index in [4.69, 9.17) is 0 Å². The number of amides is 1. The van der Waals surface area contributed by atoms with Crippen LogP contribution < -0.4 is 5.32 Å². The molecule has 0 aliphatic carbocycles. The number of aromatic nitrogens is 3. The van der Waals surface area contributed by atoms with Gasteiger partial charge in [0.15, 0.2) is 15.0 Å². The van der Waals surface area contributed by atoms with Crippen molar-refractivity contribution in [3.05, 3.63) is 66.0 Å². The summed E-state index contributed by atoms with van der Waals surface area (Å²) in [6.07, 6.45) is 2.60. The lowest BCUT2D eigenvalue weighted by Crippen LogP contribution is -2.12. The monoisotopic (exact) mass is 388 g/mol. The summed E-state index contributed by atoms with van der Waals surface area (Å²) in [4.78, 5) is 16.5. The van der Waals surface area contributed by atoms with E-state index in [0.29, 0.717) is 17.0 Å². The number of carbonyl (C=O) groups is 1. The first-order valence-electron chi connectivity index (χ1n) is 7.60. The van der Waals surface area contributed by atoms with Crippen LogP contribution in [0, 0.1) is 0 Å². The Labute approximate surface area is 155 Å². The molecule has 9 heteroatoms. The van der Waals surface area contributed by atoms with Gasteiger partial charge < -0.3 is 5.32 Å². The van der Waals surface area contributed by atoms with Gasteiger partial charge in [-0.3, -0.25) is 9.89 Å². The zero-order valence-corrected chi connectivity index (χ0v) is 15.5. The van der Waals surface area contributed by atoms with E-state index in [1.807, 2.05) is 12.1 Å². The summed E-state index contributed by atoms with van der Waals surface area (Å²) in [5, 5.41) is 10.1. The summed E-state index contributed by atoms with van der Waals surface area (Å²) in [5.41, 5.74) is 2.11. The summed E-state index contributed by atoms with van der Waals surface area (Å²) < 4.78 is 22.9. The number of thioether (sulfide) groups is 1. The standard InChI is InChI=1S/C17H16N4O3S2/c1-26(23,24)15-8-6-14(7-9-15)20-16(22)13-4-2-12(3-5-13)10-25-17-18-11-19-21-17/h2-9,11H,10H2,1H3,(H,20,22)(H,18,19,21). The van der Waals surface area contributed by atoms with Crippen molar-refractivity contribution in [3.63, 3.8) is 0 Å². The average molecular weight is 388 g/mol. The van der Waals surface area contributed by atoms with Crippen molar-refractivity contribution in [2.45, 2.75) is 15.8 Å². The molecular weight excluding hydrogens is 372 g/mol. The van der Waals surface area contributed by atoms with Gasteiger partial charge in [-0.1, -0.05) is 23.9 Å². The zero-order chi connectivity index (χ0) is 18.6. The predicted molar refractivity (Wildman–Crippen MR) is 99.9 cm³/mol. The zero-order valence-electron chi connectivity index (χ0n) is 13.8. The smallest absolute Gasteiger partial charge is 0.255 e. The Kier molecular flexibility index (Phi) is 5.38. The largest absolute Gasteiger partial charge is 0.322 e. The van der Waals surface area contributed by atoms with Crippen molar-refractivity contribution in [1.82, 2.24) is 15.2 Å². The lowest BCUT2D eigenvalue weighted by Gasteiger charge is -2.07. The summed E-state index contributed by atoms with van der Waals surface area (Å²) in [6.45, 7) is 0. The van der Waals surface area contributed by atoms with Crippen LogP contribution in [0.15, 0.2) is 64.9 Å². The molecule has 0 radical (unpaired) electrons. The Morgan fingerprint density at radius 1 is 1.12 bits per heavy atom. The predicted octanol–water partition coefficient (Wildman–Crippen LogP) is 2.75. The van der Waals surface area contributed by atoms with Gasteiger partial charge in [0.25, 0.3) is 5.91 Å². The molecule has 0 spiro atoms. The fourth-order valence-corrected chi connectivity index (χ4v) is 3.52. The van der Waals surface area contributed by atoms with Gasteiger partial charge in [0.2, 0.25) is 0 Å². The molecule has 3 rings (SSSR count). The van der Waals surface area contributed by atoms with Gasteiger partial charge in [-0.2, -0.15) is 5.10 Å². The second-order valence-electron chi connectivity index (χ2n) is 5.53. The number of H-pyrrole nitrogens is 1. The minimum atomic E-state index is -3.25. The first-order valence-corrected chi connectivity index (χ1v) is 10.5. The van der Waals surface area contributed by atoms with Gasteiger partial charge in [-0.05, 0) is 42.0 Å². The van der Waals surface area contributed by atoms with Crippen LogP contribution in [0.4, 0.5) is 5.69 Å². The summed E-state index contributed by atoms with van der Waals surface area (Å²) >= 11 is 1.52. The average Bonchev–Trinajstić information content (AvgIpc) is 3.13. The van der Waals surface area contributed by atoms with E-state index in [2.05, 4.69) is 20.5 Å². The number of anilines is 1. The Hall–Kier alpha value is -2.65. The van der Waals surface area contributed by atoms with Crippen LogP contribution in [0.25, 0.3) is 0 Å². The number of hydrogen-bond acceptors (Lipinski definition) is 6. The molecule has 26 heavy (non-hydrogen) atoms. The van der Waals surface area contributed by atoms with E-state index < -0.39 is 9.84 Å². The van der Waals surface area contributed by atoms with E-state index >= 15 is 0 Å². The van der Waals surface area contributed by atoms with Crippen molar-refractivity contribution >= 4 is 33.2 Å². The quantitative estimate of drug-likeness (QED) is 0.629. The van der Waals surface area contributed by atoms with Crippen LogP contribution in [0.1, 0.15) is 15.9 Å². The fourth-order valence-electron chi connectivity index (χ4n) is 2.16. The second kappa shape index (κ2) is 7.71. The van der Waals surface area contributed by atoms with Gasteiger partial charge in [-0.25, -0.2) is 13.4 Å². The van der Waals surface area contributed by atoms with Crippen LogP contribution in [0.2, 0.25) is 0 Å². The minimum Gasteiger partial charge on any atom is -0.322 e. The molecule has 2 N–H and O–H groups in total. The van der Waals surface area contributed by atoms with Crippen molar-refractivity contribution < 1.29 is 13.2 Å². The minimum absolute atomic E-state index is 0.212. The maximum atomic E-state index is 12.3. The molecule has 1 aromatic heterocycles. The first kappa shape index (κ1) is 18.2. The first-order chi connectivity index (χ1) is 12.4. The Bertz CT molecular complexity index is 984. The molecule has 0 saturated heterocycles. The maximum Gasteiger partial charge on any atom is 0.255 e. The second-order valence-corrected chi connectivity index (χ2v) is 8.51. The number of nitrogens with one attached hydrogen (secondary N) is 2. The molecule has 0 atom stereocenters. The number of benzene rings is 2. The van der Waals surface area contributed by atoms with E-state index in [1.165, 1.54) is 30.2 Å². The molecule has 0 aliphatic rings. The van der Waals surface area contributed by atoms with Gasteiger partial charge in [-0.15, -0.1) is 0 Å². The number of carbonyl (C=O) groups excluding carboxylic acids is 1. The molecule has 7 nitrogen and oxygen atoms in total. The third-order valence-corrected chi connectivity index (χ3v) is 5.60. The van der Waals surface area contributed by atoms with E-state index in [-0.39, 0.29) is 10.8 Å². The highest BCUT2D eigenvalue weighted by atomic mass is 32.2. The van der Waals surface area contributed by atoms with Crippen molar-refractivity contribution in [2.24, 2.45) is 0 Å². The molecule has 1 heterocycles. The Morgan fingerprint density at radius 2 is 1.81 bits per heavy atom. The number of hydrogen-bond donors (Lipinski definition) is 2. The van der Waals surface area contributed by atoms with Crippen LogP contribution in [0.3, 0.4) is 0 Å².